The first-order chi connectivity index (χ1) is 14.5. The van der Waals surface area contributed by atoms with Crippen molar-refractivity contribution in [1.82, 2.24) is 5.32 Å². The highest BCUT2D eigenvalue weighted by atomic mass is 79.9. The van der Waals surface area contributed by atoms with Gasteiger partial charge in [-0.05, 0) is 54.6 Å². The number of rotatable bonds is 5. The van der Waals surface area contributed by atoms with Crippen molar-refractivity contribution in [2.75, 3.05) is 0 Å². The van der Waals surface area contributed by atoms with Gasteiger partial charge >= 0.3 is 11.6 Å². The van der Waals surface area contributed by atoms with Crippen molar-refractivity contribution in [3.05, 3.63) is 98.7 Å². The number of fused-ring (bicyclic) bond motifs is 1. The zero-order chi connectivity index (χ0) is 21.1. The van der Waals surface area contributed by atoms with Crippen LogP contribution in [0.1, 0.15) is 26.5 Å². The Labute approximate surface area is 178 Å². The molecule has 8 heteroatoms. The van der Waals surface area contributed by atoms with Gasteiger partial charge < -0.3 is 18.9 Å². The van der Waals surface area contributed by atoms with E-state index in [2.05, 4.69) is 21.2 Å². The first kappa shape index (κ1) is 19.7. The normalized spacial score (nSPS) is 10.7. The molecule has 1 N–H and O–H groups in total. The van der Waals surface area contributed by atoms with Gasteiger partial charge in [-0.15, -0.1) is 0 Å². The van der Waals surface area contributed by atoms with Crippen molar-refractivity contribution in [2.45, 2.75) is 6.54 Å². The number of nitrogens with one attached hydrogen (secondary N) is 1. The number of amides is 1. The summed E-state index contributed by atoms with van der Waals surface area (Å²) in [4.78, 5) is 36.8. The number of halogens is 1. The fraction of sp³-hybridized carbons (Fsp3) is 0.0455. The summed E-state index contributed by atoms with van der Waals surface area (Å²) in [6.45, 7) is 0.147. The Kier molecular flexibility index (Phi) is 5.49. The Hall–Kier alpha value is -3.65. The van der Waals surface area contributed by atoms with Crippen molar-refractivity contribution >= 4 is 38.8 Å². The number of carbonyl (C=O) groups excluding carboxylic acids is 2. The highest BCUT2D eigenvalue weighted by Crippen LogP contribution is 2.22. The van der Waals surface area contributed by atoms with Gasteiger partial charge in [0.2, 0.25) is 0 Å². The predicted molar refractivity (Wildman–Crippen MR) is 111 cm³/mol. The third-order valence-corrected chi connectivity index (χ3v) is 4.77. The molecule has 0 radical (unpaired) electrons. The largest absolute Gasteiger partial charge is 0.467 e. The van der Waals surface area contributed by atoms with Crippen LogP contribution in [0.2, 0.25) is 0 Å². The molecule has 4 rings (SSSR count). The van der Waals surface area contributed by atoms with Crippen molar-refractivity contribution in [1.29, 1.82) is 0 Å². The van der Waals surface area contributed by atoms with Gasteiger partial charge in [0.25, 0.3) is 5.91 Å². The highest BCUT2D eigenvalue weighted by Gasteiger charge is 2.15. The average molecular weight is 468 g/mol. The summed E-state index contributed by atoms with van der Waals surface area (Å²) in [5, 5.41) is 3.12. The second-order valence-corrected chi connectivity index (χ2v) is 7.22. The van der Waals surface area contributed by atoms with E-state index >= 15 is 0 Å². The molecule has 0 unspecified atom stereocenters. The van der Waals surface area contributed by atoms with Crippen LogP contribution in [0.4, 0.5) is 0 Å². The maximum absolute atomic E-state index is 12.3. The number of carbonyl (C=O) groups is 2. The molecule has 30 heavy (non-hydrogen) atoms. The minimum Gasteiger partial charge on any atom is -0.467 e. The number of esters is 1. The average Bonchev–Trinajstić information content (AvgIpc) is 3.25. The Morgan fingerprint density at radius 2 is 1.83 bits per heavy atom. The lowest BCUT2D eigenvalue weighted by molar-refractivity contribution is 0.0734. The quantitative estimate of drug-likeness (QED) is 0.267. The molecule has 0 saturated carbocycles. The van der Waals surface area contributed by atoms with E-state index < -0.39 is 17.5 Å². The van der Waals surface area contributed by atoms with Gasteiger partial charge in [-0.1, -0.05) is 15.9 Å². The maximum atomic E-state index is 12.3. The first-order valence-corrected chi connectivity index (χ1v) is 9.65. The Morgan fingerprint density at radius 1 is 1.03 bits per heavy atom. The van der Waals surface area contributed by atoms with Gasteiger partial charge in [0.15, 0.2) is 0 Å². The lowest BCUT2D eigenvalue weighted by Crippen LogP contribution is -2.27. The molecule has 4 aromatic rings. The van der Waals surface area contributed by atoms with Gasteiger partial charge in [0.1, 0.15) is 22.7 Å². The summed E-state index contributed by atoms with van der Waals surface area (Å²) in [7, 11) is 0. The van der Waals surface area contributed by atoms with E-state index in [1.165, 1.54) is 18.4 Å². The topological polar surface area (TPSA) is 98.8 Å². The molecule has 0 aliphatic carbocycles. The fourth-order valence-electron chi connectivity index (χ4n) is 2.74. The SMILES string of the molecule is O=C(Oc1ccc2cc(C(=O)NCc3ccco3)c(=O)oc2c1)c1ccc(Br)cc1. The lowest BCUT2D eigenvalue weighted by atomic mass is 10.1. The second-order valence-electron chi connectivity index (χ2n) is 6.31. The molecule has 0 fully saturated rings. The third-order valence-electron chi connectivity index (χ3n) is 4.25. The fourth-order valence-corrected chi connectivity index (χ4v) is 3.01. The number of benzene rings is 2. The van der Waals surface area contributed by atoms with Crippen molar-refractivity contribution in [2.24, 2.45) is 0 Å². The minimum absolute atomic E-state index is 0.131. The zero-order valence-electron chi connectivity index (χ0n) is 15.4. The Bertz CT molecular complexity index is 1280. The number of furan rings is 1. The molecular formula is C22H14BrNO6. The third kappa shape index (κ3) is 4.33. The van der Waals surface area contributed by atoms with E-state index in [1.54, 1.807) is 48.5 Å². The molecule has 0 atom stereocenters. The lowest BCUT2D eigenvalue weighted by Gasteiger charge is -2.07. The van der Waals surface area contributed by atoms with Crippen LogP contribution >= 0.6 is 15.9 Å². The summed E-state index contributed by atoms with van der Waals surface area (Å²) in [6, 6.07) is 16.1. The van der Waals surface area contributed by atoms with Crippen LogP contribution < -0.4 is 15.7 Å². The Balaban J connectivity index is 1.53. The summed E-state index contributed by atoms with van der Waals surface area (Å²) in [5.74, 6) is -0.342. The standard InChI is InChI=1S/C22H14BrNO6/c23-15-6-3-13(4-7-15)21(26)29-16-8-5-14-10-18(22(27)30-19(14)11-16)20(25)24-12-17-2-1-9-28-17/h1-11H,12H2,(H,24,25). The monoisotopic (exact) mass is 467 g/mol. The summed E-state index contributed by atoms with van der Waals surface area (Å²) >= 11 is 3.30. The molecule has 2 aromatic carbocycles. The van der Waals surface area contributed by atoms with E-state index in [9.17, 15) is 14.4 Å². The summed E-state index contributed by atoms with van der Waals surface area (Å²) < 4.78 is 16.6. The van der Waals surface area contributed by atoms with Gasteiger partial charge in [-0.25, -0.2) is 9.59 Å². The number of hydrogen-bond acceptors (Lipinski definition) is 6. The van der Waals surface area contributed by atoms with E-state index in [0.29, 0.717) is 16.7 Å². The second kappa shape index (κ2) is 8.38. The molecule has 2 aromatic heterocycles. The molecule has 0 aliphatic heterocycles. The van der Waals surface area contributed by atoms with Gasteiger partial charge in [0.05, 0.1) is 18.4 Å². The van der Waals surface area contributed by atoms with Crippen LogP contribution in [-0.4, -0.2) is 11.9 Å². The molecule has 150 valence electrons. The number of hydrogen-bond donors (Lipinski definition) is 1. The van der Waals surface area contributed by atoms with Crippen molar-refractivity contribution < 1.29 is 23.2 Å². The molecular weight excluding hydrogens is 454 g/mol. The smallest absolute Gasteiger partial charge is 0.349 e. The minimum atomic E-state index is -0.796. The van der Waals surface area contributed by atoms with Crippen molar-refractivity contribution in [3.8, 4) is 5.75 Å². The van der Waals surface area contributed by atoms with Crippen LogP contribution in [0.15, 0.2) is 85.0 Å². The predicted octanol–water partition coefficient (Wildman–Crippen LogP) is 4.30. The molecule has 0 aliphatic rings. The van der Waals surface area contributed by atoms with Gasteiger partial charge in [-0.3, -0.25) is 4.79 Å². The van der Waals surface area contributed by atoms with E-state index in [0.717, 1.165) is 4.47 Å². The summed E-state index contributed by atoms with van der Waals surface area (Å²) in [6.07, 6.45) is 1.49. The molecule has 2 heterocycles. The van der Waals surface area contributed by atoms with Crippen LogP contribution in [0.3, 0.4) is 0 Å². The summed E-state index contributed by atoms with van der Waals surface area (Å²) in [5.41, 5.74) is -0.350. The first-order valence-electron chi connectivity index (χ1n) is 8.86. The highest BCUT2D eigenvalue weighted by molar-refractivity contribution is 9.10. The van der Waals surface area contributed by atoms with Crippen LogP contribution in [0, 0.1) is 0 Å². The maximum Gasteiger partial charge on any atom is 0.349 e. The van der Waals surface area contributed by atoms with E-state index in [4.69, 9.17) is 13.6 Å². The Morgan fingerprint density at radius 3 is 2.57 bits per heavy atom. The van der Waals surface area contributed by atoms with Crippen molar-refractivity contribution in [3.63, 3.8) is 0 Å². The molecule has 0 bridgehead atoms. The van der Waals surface area contributed by atoms with Crippen LogP contribution in [0.5, 0.6) is 5.75 Å². The van der Waals surface area contributed by atoms with Gasteiger partial charge in [0, 0.05) is 15.9 Å². The van der Waals surface area contributed by atoms with Gasteiger partial charge in [-0.2, -0.15) is 0 Å². The molecule has 1 amide bonds. The molecule has 0 saturated heterocycles. The van der Waals surface area contributed by atoms with E-state index in [-0.39, 0.29) is 23.4 Å². The molecule has 0 spiro atoms. The van der Waals surface area contributed by atoms with Crippen LogP contribution in [-0.2, 0) is 6.54 Å². The zero-order valence-corrected chi connectivity index (χ0v) is 17.0. The van der Waals surface area contributed by atoms with E-state index in [1.807, 2.05) is 0 Å². The number of ether oxygens (including phenoxy) is 1. The van der Waals surface area contributed by atoms with Crippen LogP contribution in [0.25, 0.3) is 11.0 Å². The molecule has 7 nitrogen and oxygen atoms in total.